The third-order valence-corrected chi connectivity index (χ3v) is 3.48. The molecule has 0 saturated heterocycles. The van der Waals surface area contributed by atoms with Crippen molar-refractivity contribution in [1.29, 1.82) is 0 Å². The molecule has 0 spiro atoms. The Hall–Kier alpha value is -1.91. The Morgan fingerprint density at radius 2 is 1.95 bits per heavy atom. The summed E-state index contributed by atoms with van der Waals surface area (Å²) in [6, 6.07) is 14.0. The second kappa shape index (κ2) is 7.76. The van der Waals surface area contributed by atoms with Crippen LogP contribution in [-0.4, -0.2) is 34.7 Å². The van der Waals surface area contributed by atoms with Crippen LogP contribution in [-0.2, 0) is 13.2 Å². The number of aromatic nitrogens is 1. The molecule has 0 aliphatic carbocycles. The van der Waals surface area contributed by atoms with Crippen LogP contribution < -0.4 is 4.74 Å². The highest BCUT2D eigenvalue weighted by Crippen LogP contribution is 2.15. The standard InChI is InChI=1S/C17H22N2O2/c1-14(12-20)19(2)11-15-6-8-17(9-7-15)21-13-16-5-3-4-10-18-16/h3-10,14,20H,11-13H2,1-2H3. The van der Waals surface area contributed by atoms with Gasteiger partial charge in [-0.15, -0.1) is 0 Å². The molecule has 2 aromatic rings. The number of rotatable bonds is 7. The van der Waals surface area contributed by atoms with Crippen LogP contribution in [0.15, 0.2) is 48.7 Å². The van der Waals surface area contributed by atoms with E-state index in [1.807, 2.05) is 56.4 Å². The average molecular weight is 286 g/mol. The molecule has 0 aliphatic heterocycles. The van der Waals surface area contributed by atoms with E-state index in [2.05, 4.69) is 9.88 Å². The summed E-state index contributed by atoms with van der Waals surface area (Å²) in [6.07, 6.45) is 1.76. The molecule has 1 aromatic carbocycles. The Bertz CT molecular complexity index is 528. The molecule has 21 heavy (non-hydrogen) atoms. The number of pyridine rings is 1. The van der Waals surface area contributed by atoms with E-state index in [0.717, 1.165) is 18.0 Å². The minimum atomic E-state index is 0.157. The number of ether oxygens (including phenoxy) is 1. The minimum Gasteiger partial charge on any atom is -0.487 e. The molecule has 112 valence electrons. The first kappa shape index (κ1) is 15.5. The number of hydrogen-bond donors (Lipinski definition) is 1. The lowest BCUT2D eigenvalue weighted by Gasteiger charge is -2.22. The number of nitrogens with zero attached hydrogens (tertiary/aromatic N) is 2. The molecular formula is C17H22N2O2. The van der Waals surface area contributed by atoms with Gasteiger partial charge in [0.15, 0.2) is 0 Å². The van der Waals surface area contributed by atoms with Gasteiger partial charge < -0.3 is 9.84 Å². The molecule has 1 N–H and O–H groups in total. The molecule has 1 unspecified atom stereocenters. The summed E-state index contributed by atoms with van der Waals surface area (Å²) in [7, 11) is 2.01. The molecule has 0 fully saturated rings. The fourth-order valence-corrected chi connectivity index (χ4v) is 1.92. The lowest BCUT2D eigenvalue weighted by Crippen LogP contribution is -2.31. The van der Waals surface area contributed by atoms with Crippen LogP contribution in [0.2, 0.25) is 0 Å². The highest BCUT2D eigenvalue weighted by molar-refractivity contribution is 5.27. The van der Waals surface area contributed by atoms with Crippen LogP contribution >= 0.6 is 0 Å². The molecule has 4 heteroatoms. The second-order valence-corrected chi connectivity index (χ2v) is 5.20. The second-order valence-electron chi connectivity index (χ2n) is 5.20. The van der Waals surface area contributed by atoms with Gasteiger partial charge in [-0.25, -0.2) is 0 Å². The summed E-state index contributed by atoms with van der Waals surface area (Å²) in [5.74, 6) is 0.835. The molecule has 1 heterocycles. The predicted octanol–water partition coefficient (Wildman–Crippen LogP) is 2.47. The number of benzene rings is 1. The largest absolute Gasteiger partial charge is 0.487 e. The van der Waals surface area contributed by atoms with Crippen LogP contribution in [0.5, 0.6) is 5.75 Å². The topological polar surface area (TPSA) is 45.6 Å². The van der Waals surface area contributed by atoms with Gasteiger partial charge in [0.2, 0.25) is 0 Å². The van der Waals surface area contributed by atoms with E-state index in [1.54, 1.807) is 6.20 Å². The van der Waals surface area contributed by atoms with Gasteiger partial charge in [-0.1, -0.05) is 18.2 Å². The van der Waals surface area contributed by atoms with Crippen LogP contribution in [0.1, 0.15) is 18.2 Å². The smallest absolute Gasteiger partial charge is 0.130 e. The van der Waals surface area contributed by atoms with Crippen molar-refractivity contribution in [3.8, 4) is 5.75 Å². The Labute approximate surface area is 126 Å². The first-order valence-electron chi connectivity index (χ1n) is 7.12. The molecule has 0 radical (unpaired) electrons. The summed E-state index contributed by atoms with van der Waals surface area (Å²) in [4.78, 5) is 6.34. The van der Waals surface area contributed by atoms with Gasteiger partial charge >= 0.3 is 0 Å². The summed E-state index contributed by atoms with van der Waals surface area (Å²) in [5, 5.41) is 9.14. The maximum Gasteiger partial charge on any atom is 0.130 e. The molecule has 0 bridgehead atoms. The molecule has 0 aliphatic rings. The number of aliphatic hydroxyl groups excluding tert-OH is 1. The van der Waals surface area contributed by atoms with E-state index in [0.29, 0.717) is 6.61 Å². The number of likely N-dealkylation sites (N-methyl/N-ethyl adjacent to an activating group) is 1. The zero-order valence-corrected chi connectivity index (χ0v) is 12.6. The highest BCUT2D eigenvalue weighted by atomic mass is 16.5. The molecule has 2 rings (SSSR count). The third-order valence-electron chi connectivity index (χ3n) is 3.48. The normalized spacial score (nSPS) is 12.4. The van der Waals surface area contributed by atoms with E-state index >= 15 is 0 Å². The van der Waals surface area contributed by atoms with Crippen LogP contribution in [0, 0.1) is 0 Å². The zero-order chi connectivity index (χ0) is 15.1. The quantitative estimate of drug-likeness (QED) is 0.849. The van der Waals surface area contributed by atoms with Crippen molar-refractivity contribution in [3.63, 3.8) is 0 Å². The maximum atomic E-state index is 9.14. The van der Waals surface area contributed by atoms with E-state index in [4.69, 9.17) is 9.84 Å². The third kappa shape index (κ3) is 4.85. The molecule has 0 saturated carbocycles. The van der Waals surface area contributed by atoms with Crippen molar-refractivity contribution in [1.82, 2.24) is 9.88 Å². The predicted molar refractivity (Wildman–Crippen MR) is 83.0 cm³/mol. The molecular weight excluding hydrogens is 264 g/mol. The number of aliphatic hydroxyl groups is 1. The van der Waals surface area contributed by atoms with Crippen LogP contribution in [0.3, 0.4) is 0 Å². The van der Waals surface area contributed by atoms with Gasteiger partial charge in [0.1, 0.15) is 12.4 Å². The van der Waals surface area contributed by atoms with Crippen molar-refractivity contribution < 1.29 is 9.84 Å². The Kier molecular flexibility index (Phi) is 5.72. The SMILES string of the molecule is CC(CO)N(C)Cc1ccc(OCc2ccccn2)cc1. The van der Waals surface area contributed by atoms with E-state index in [9.17, 15) is 0 Å². The first-order chi connectivity index (χ1) is 10.2. The maximum absolute atomic E-state index is 9.14. The van der Waals surface area contributed by atoms with Gasteiger partial charge in [0.05, 0.1) is 12.3 Å². The van der Waals surface area contributed by atoms with Gasteiger partial charge in [-0.2, -0.15) is 0 Å². The van der Waals surface area contributed by atoms with Crippen LogP contribution in [0.4, 0.5) is 0 Å². The van der Waals surface area contributed by atoms with Crippen molar-refractivity contribution in [2.24, 2.45) is 0 Å². The van der Waals surface area contributed by atoms with Gasteiger partial charge in [-0.3, -0.25) is 9.88 Å². The summed E-state index contributed by atoms with van der Waals surface area (Å²) >= 11 is 0. The first-order valence-corrected chi connectivity index (χ1v) is 7.12. The fourth-order valence-electron chi connectivity index (χ4n) is 1.92. The monoisotopic (exact) mass is 286 g/mol. The molecule has 4 nitrogen and oxygen atoms in total. The van der Waals surface area contributed by atoms with E-state index in [1.165, 1.54) is 5.56 Å². The van der Waals surface area contributed by atoms with E-state index in [-0.39, 0.29) is 12.6 Å². The summed E-state index contributed by atoms with van der Waals surface area (Å²) in [6.45, 7) is 3.45. The Morgan fingerprint density at radius 3 is 2.57 bits per heavy atom. The van der Waals surface area contributed by atoms with Gasteiger partial charge in [-0.05, 0) is 43.8 Å². The summed E-state index contributed by atoms with van der Waals surface area (Å²) in [5.41, 5.74) is 2.11. The summed E-state index contributed by atoms with van der Waals surface area (Å²) < 4.78 is 5.70. The van der Waals surface area contributed by atoms with Gasteiger partial charge in [0, 0.05) is 18.8 Å². The van der Waals surface area contributed by atoms with Crippen molar-refractivity contribution in [3.05, 3.63) is 59.9 Å². The lowest BCUT2D eigenvalue weighted by atomic mass is 10.2. The fraction of sp³-hybridized carbons (Fsp3) is 0.353. The minimum absolute atomic E-state index is 0.157. The molecule has 1 aromatic heterocycles. The average Bonchev–Trinajstić information content (AvgIpc) is 2.54. The van der Waals surface area contributed by atoms with Gasteiger partial charge in [0.25, 0.3) is 0 Å². The number of hydrogen-bond acceptors (Lipinski definition) is 4. The molecule has 0 amide bonds. The van der Waals surface area contributed by atoms with Crippen molar-refractivity contribution in [2.75, 3.05) is 13.7 Å². The lowest BCUT2D eigenvalue weighted by molar-refractivity contribution is 0.154. The van der Waals surface area contributed by atoms with Crippen molar-refractivity contribution >= 4 is 0 Å². The Morgan fingerprint density at radius 1 is 1.19 bits per heavy atom. The highest BCUT2D eigenvalue weighted by Gasteiger charge is 2.08. The zero-order valence-electron chi connectivity index (χ0n) is 12.6. The van der Waals surface area contributed by atoms with Crippen LogP contribution in [0.25, 0.3) is 0 Å². The Balaban J connectivity index is 1.87. The van der Waals surface area contributed by atoms with Crippen molar-refractivity contribution in [2.45, 2.75) is 26.1 Å². The van der Waals surface area contributed by atoms with E-state index < -0.39 is 0 Å². The molecule has 1 atom stereocenters.